The number of amides is 3. The molecule has 1 saturated heterocycles. The van der Waals surface area contributed by atoms with E-state index in [4.69, 9.17) is 25.6 Å². The van der Waals surface area contributed by atoms with Crippen molar-refractivity contribution in [1.82, 2.24) is 20.3 Å². The Morgan fingerprint density at radius 2 is 1.91 bits per heavy atom. The van der Waals surface area contributed by atoms with Crippen molar-refractivity contribution in [2.75, 3.05) is 51.3 Å². The van der Waals surface area contributed by atoms with Crippen molar-refractivity contribution in [3.05, 3.63) is 34.5 Å². The van der Waals surface area contributed by atoms with Gasteiger partial charge in [0.15, 0.2) is 17.3 Å². The van der Waals surface area contributed by atoms with E-state index in [1.165, 1.54) is 0 Å². The summed E-state index contributed by atoms with van der Waals surface area (Å²) >= 11 is 6.32. The lowest BCUT2D eigenvalue weighted by atomic mass is 10.2. The zero-order valence-corrected chi connectivity index (χ0v) is 18.6. The number of benzene rings is 1. The number of aryl methyl sites for hydroxylation is 1. The molecule has 0 aliphatic carbocycles. The Labute approximate surface area is 190 Å². The second-order valence-electron chi connectivity index (χ2n) is 7.75. The SMILES string of the molecule is Cc1cc(NC(=O)CN2CCN(C(=O)NCc3cc(Cl)c4c(c3)OCCCO4)CC2)no1. The minimum atomic E-state index is -0.164. The number of anilines is 1. The van der Waals surface area contributed by atoms with Gasteiger partial charge in [-0.05, 0) is 24.6 Å². The second kappa shape index (κ2) is 10.1. The van der Waals surface area contributed by atoms with Crippen LogP contribution in [0.2, 0.25) is 5.02 Å². The van der Waals surface area contributed by atoms with Crippen molar-refractivity contribution < 1.29 is 23.6 Å². The molecule has 172 valence electrons. The maximum absolute atomic E-state index is 12.6. The Hall–Kier alpha value is -2.98. The van der Waals surface area contributed by atoms with Crippen LogP contribution < -0.4 is 20.1 Å². The summed E-state index contributed by atoms with van der Waals surface area (Å²) in [6.45, 7) is 5.73. The van der Waals surface area contributed by atoms with Crippen molar-refractivity contribution in [3.63, 3.8) is 0 Å². The first kappa shape index (κ1) is 22.2. The Morgan fingerprint density at radius 1 is 1.12 bits per heavy atom. The van der Waals surface area contributed by atoms with Crippen molar-refractivity contribution in [2.45, 2.75) is 19.9 Å². The Bertz CT molecular complexity index is 973. The molecule has 2 aliphatic heterocycles. The number of carbonyl (C=O) groups is 2. The van der Waals surface area contributed by atoms with Crippen LogP contribution in [0.15, 0.2) is 22.7 Å². The quantitative estimate of drug-likeness (QED) is 0.700. The summed E-state index contributed by atoms with van der Waals surface area (Å²) in [4.78, 5) is 28.5. The first-order valence-electron chi connectivity index (χ1n) is 10.5. The zero-order valence-electron chi connectivity index (χ0n) is 17.9. The molecule has 0 spiro atoms. The van der Waals surface area contributed by atoms with Gasteiger partial charge in [0.05, 0.1) is 24.8 Å². The number of hydrogen-bond acceptors (Lipinski definition) is 7. The van der Waals surface area contributed by atoms with Crippen molar-refractivity contribution in [1.29, 1.82) is 0 Å². The third kappa shape index (κ3) is 5.63. The Balaban J connectivity index is 1.22. The molecule has 2 aromatic rings. The van der Waals surface area contributed by atoms with Gasteiger partial charge in [0.25, 0.3) is 0 Å². The number of urea groups is 1. The van der Waals surface area contributed by atoms with Crippen LogP contribution in [0.4, 0.5) is 10.6 Å². The van der Waals surface area contributed by atoms with Crippen LogP contribution in [0.25, 0.3) is 0 Å². The van der Waals surface area contributed by atoms with Crippen LogP contribution in [-0.4, -0.2) is 72.8 Å². The van der Waals surface area contributed by atoms with Crippen molar-refractivity contribution >= 4 is 29.4 Å². The molecule has 1 aromatic carbocycles. The van der Waals surface area contributed by atoms with Gasteiger partial charge in [-0.25, -0.2) is 4.79 Å². The fourth-order valence-corrected chi connectivity index (χ4v) is 3.88. The van der Waals surface area contributed by atoms with Crippen LogP contribution >= 0.6 is 11.6 Å². The van der Waals surface area contributed by atoms with E-state index in [0.717, 1.165) is 12.0 Å². The number of fused-ring (bicyclic) bond motifs is 1. The molecule has 10 nitrogen and oxygen atoms in total. The first-order chi connectivity index (χ1) is 15.5. The van der Waals surface area contributed by atoms with Crippen molar-refractivity contribution in [2.24, 2.45) is 0 Å². The number of nitrogens with one attached hydrogen (secondary N) is 2. The number of nitrogens with zero attached hydrogens (tertiary/aromatic N) is 3. The van der Waals surface area contributed by atoms with E-state index in [1.54, 1.807) is 24.0 Å². The number of ether oxygens (including phenoxy) is 2. The molecular weight excluding hydrogens is 438 g/mol. The molecule has 2 aliphatic rings. The van der Waals surface area contributed by atoms with E-state index in [9.17, 15) is 9.59 Å². The zero-order chi connectivity index (χ0) is 22.5. The number of carbonyl (C=O) groups excluding carboxylic acids is 2. The molecule has 1 fully saturated rings. The van der Waals surface area contributed by atoms with Gasteiger partial charge in [-0.1, -0.05) is 16.8 Å². The second-order valence-corrected chi connectivity index (χ2v) is 8.16. The largest absolute Gasteiger partial charge is 0.489 e. The predicted molar refractivity (Wildman–Crippen MR) is 117 cm³/mol. The number of hydrogen-bond donors (Lipinski definition) is 2. The van der Waals surface area contributed by atoms with Gasteiger partial charge in [-0.3, -0.25) is 9.69 Å². The molecule has 0 unspecified atom stereocenters. The van der Waals surface area contributed by atoms with Gasteiger partial charge >= 0.3 is 6.03 Å². The van der Waals surface area contributed by atoms with Gasteiger partial charge in [0.2, 0.25) is 5.91 Å². The summed E-state index contributed by atoms with van der Waals surface area (Å²) < 4.78 is 16.3. The number of halogens is 1. The molecule has 1 aromatic heterocycles. The summed E-state index contributed by atoms with van der Waals surface area (Å²) in [7, 11) is 0. The summed E-state index contributed by atoms with van der Waals surface area (Å²) in [5, 5.41) is 9.86. The number of rotatable bonds is 5. The van der Waals surface area contributed by atoms with Gasteiger partial charge in [0, 0.05) is 45.2 Å². The topological polar surface area (TPSA) is 109 Å². The van der Waals surface area contributed by atoms with Gasteiger partial charge in [-0.2, -0.15) is 0 Å². The van der Waals surface area contributed by atoms with Crippen LogP contribution in [0.1, 0.15) is 17.7 Å². The molecule has 0 saturated carbocycles. The molecular formula is C21H26ClN5O5. The normalized spacial score (nSPS) is 16.4. The Kier molecular flexibility index (Phi) is 7.01. The molecule has 0 atom stereocenters. The highest BCUT2D eigenvalue weighted by Crippen LogP contribution is 2.37. The third-order valence-corrected chi connectivity index (χ3v) is 5.51. The third-order valence-electron chi connectivity index (χ3n) is 5.23. The number of piperazine rings is 1. The molecule has 4 rings (SSSR count). The van der Waals surface area contributed by atoms with E-state index >= 15 is 0 Å². The summed E-state index contributed by atoms with van der Waals surface area (Å²) in [5.74, 6) is 2.03. The standard InChI is InChI=1S/C21H26ClN5O5/c1-14-9-18(25-32-14)24-19(28)13-26-3-5-27(6-4-26)21(29)23-12-15-10-16(22)20-17(11-15)30-7-2-8-31-20/h9-11H,2-8,12-13H2,1H3,(H,23,29)(H,24,25,28). The number of aromatic nitrogens is 1. The molecule has 3 heterocycles. The fourth-order valence-electron chi connectivity index (χ4n) is 3.60. The highest BCUT2D eigenvalue weighted by atomic mass is 35.5. The van der Waals surface area contributed by atoms with Gasteiger partial charge in [0.1, 0.15) is 5.76 Å². The van der Waals surface area contributed by atoms with Crippen LogP contribution in [0, 0.1) is 6.92 Å². The molecule has 2 N–H and O–H groups in total. The molecule has 0 bridgehead atoms. The van der Waals surface area contributed by atoms with E-state index in [0.29, 0.717) is 74.0 Å². The molecule has 3 amide bonds. The lowest BCUT2D eigenvalue weighted by molar-refractivity contribution is -0.117. The highest BCUT2D eigenvalue weighted by molar-refractivity contribution is 6.32. The minimum Gasteiger partial charge on any atom is -0.489 e. The van der Waals surface area contributed by atoms with E-state index in [-0.39, 0.29) is 18.5 Å². The van der Waals surface area contributed by atoms with E-state index in [1.807, 2.05) is 11.0 Å². The van der Waals surface area contributed by atoms with E-state index < -0.39 is 0 Å². The predicted octanol–water partition coefficient (Wildman–Crippen LogP) is 2.26. The lowest BCUT2D eigenvalue weighted by Gasteiger charge is -2.34. The maximum atomic E-state index is 12.6. The maximum Gasteiger partial charge on any atom is 0.317 e. The smallest absolute Gasteiger partial charge is 0.317 e. The minimum absolute atomic E-state index is 0.157. The highest BCUT2D eigenvalue weighted by Gasteiger charge is 2.23. The molecule has 0 radical (unpaired) electrons. The lowest BCUT2D eigenvalue weighted by Crippen LogP contribution is -2.52. The monoisotopic (exact) mass is 463 g/mol. The van der Waals surface area contributed by atoms with Crippen LogP contribution in [0.3, 0.4) is 0 Å². The van der Waals surface area contributed by atoms with Crippen molar-refractivity contribution in [3.8, 4) is 11.5 Å². The summed E-state index contributed by atoms with van der Waals surface area (Å²) in [6, 6.07) is 5.13. The summed E-state index contributed by atoms with van der Waals surface area (Å²) in [5.41, 5.74) is 0.839. The average Bonchev–Trinajstić information content (AvgIpc) is 3.03. The van der Waals surface area contributed by atoms with E-state index in [2.05, 4.69) is 15.8 Å². The van der Waals surface area contributed by atoms with Crippen LogP contribution in [0.5, 0.6) is 11.5 Å². The summed E-state index contributed by atoms with van der Waals surface area (Å²) in [6.07, 6.45) is 0.796. The molecule has 32 heavy (non-hydrogen) atoms. The van der Waals surface area contributed by atoms with Gasteiger partial charge in [-0.15, -0.1) is 0 Å². The first-order valence-corrected chi connectivity index (χ1v) is 10.9. The van der Waals surface area contributed by atoms with Gasteiger partial charge < -0.3 is 29.5 Å². The van der Waals surface area contributed by atoms with Crippen LogP contribution in [-0.2, 0) is 11.3 Å². The molecule has 11 heteroatoms. The average molecular weight is 464 g/mol. The Morgan fingerprint density at radius 3 is 2.66 bits per heavy atom. The fraction of sp³-hybridized carbons (Fsp3) is 0.476.